The van der Waals surface area contributed by atoms with E-state index in [0.29, 0.717) is 29.9 Å². The zero-order chi connectivity index (χ0) is 19.8. The van der Waals surface area contributed by atoms with Crippen molar-refractivity contribution >= 4 is 29.3 Å². The van der Waals surface area contributed by atoms with Gasteiger partial charge in [-0.25, -0.2) is 0 Å². The van der Waals surface area contributed by atoms with Crippen LogP contribution in [-0.4, -0.2) is 45.1 Å². The van der Waals surface area contributed by atoms with Crippen molar-refractivity contribution in [1.29, 1.82) is 0 Å². The Hall–Kier alpha value is -2.42. The van der Waals surface area contributed by atoms with Crippen molar-refractivity contribution in [2.75, 3.05) is 19.5 Å². The normalized spacial score (nSPS) is 10.8. The molecule has 1 N–H and O–H groups in total. The quantitative estimate of drug-likeness (QED) is 0.539. The molecule has 28 heavy (non-hydrogen) atoms. The second-order valence-corrected chi connectivity index (χ2v) is 7.26. The minimum atomic E-state index is -0.0771. The minimum Gasteiger partial charge on any atom is -0.383 e. The number of nitrogens with one attached hydrogen (secondary N) is 1. The van der Waals surface area contributed by atoms with E-state index in [1.807, 2.05) is 28.8 Å². The van der Waals surface area contributed by atoms with Gasteiger partial charge in [-0.1, -0.05) is 35.5 Å². The number of hydrogen-bond donors (Lipinski definition) is 1. The number of pyridine rings is 1. The molecular formula is C19H20ClN5O2S. The third kappa shape index (κ3) is 5.54. The fourth-order valence-corrected chi connectivity index (χ4v) is 3.40. The van der Waals surface area contributed by atoms with Gasteiger partial charge in [-0.15, -0.1) is 10.2 Å². The number of benzene rings is 1. The van der Waals surface area contributed by atoms with E-state index in [2.05, 4.69) is 20.5 Å². The number of rotatable bonds is 9. The lowest BCUT2D eigenvalue weighted by atomic mass is 10.2. The Balaban J connectivity index is 1.62. The molecule has 0 bridgehead atoms. The first-order valence-electron chi connectivity index (χ1n) is 8.64. The highest BCUT2D eigenvalue weighted by Crippen LogP contribution is 2.23. The molecule has 0 aliphatic carbocycles. The minimum absolute atomic E-state index is 0.0771. The number of methoxy groups -OCH3 is 1. The molecule has 0 aliphatic heterocycles. The van der Waals surface area contributed by atoms with Crippen LogP contribution in [0.3, 0.4) is 0 Å². The third-order valence-corrected chi connectivity index (χ3v) is 5.13. The number of nitrogens with zero attached hydrogens (tertiary/aromatic N) is 4. The molecule has 3 rings (SSSR count). The first kappa shape index (κ1) is 20.3. The van der Waals surface area contributed by atoms with Crippen molar-refractivity contribution in [1.82, 2.24) is 25.1 Å². The van der Waals surface area contributed by atoms with Crippen LogP contribution in [0.25, 0.3) is 11.4 Å². The summed E-state index contributed by atoms with van der Waals surface area (Å²) in [6.45, 7) is 1.57. The molecular weight excluding hydrogens is 398 g/mol. The molecule has 146 valence electrons. The molecule has 3 aromatic rings. The molecule has 0 radical (unpaired) electrons. The van der Waals surface area contributed by atoms with Gasteiger partial charge in [0.2, 0.25) is 5.91 Å². The van der Waals surface area contributed by atoms with Crippen molar-refractivity contribution in [3.63, 3.8) is 0 Å². The molecule has 2 aromatic heterocycles. The van der Waals surface area contributed by atoms with Crippen molar-refractivity contribution in [2.24, 2.45) is 0 Å². The number of aromatic nitrogens is 4. The Morgan fingerprint density at radius 2 is 1.93 bits per heavy atom. The first-order valence-corrected chi connectivity index (χ1v) is 10.00. The van der Waals surface area contributed by atoms with Gasteiger partial charge < -0.3 is 10.1 Å². The molecule has 9 heteroatoms. The van der Waals surface area contributed by atoms with E-state index in [0.717, 1.165) is 17.0 Å². The van der Waals surface area contributed by atoms with E-state index in [4.69, 9.17) is 16.3 Å². The number of carbonyl (C=O) groups excluding carboxylic acids is 1. The molecule has 0 atom stereocenters. The molecule has 0 saturated carbocycles. The van der Waals surface area contributed by atoms with E-state index in [1.54, 1.807) is 31.6 Å². The molecule has 0 unspecified atom stereocenters. The van der Waals surface area contributed by atoms with Crippen LogP contribution in [0.2, 0.25) is 5.02 Å². The van der Waals surface area contributed by atoms with Crippen LogP contribution in [0.1, 0.15) is 5.56 Å². The maximum Gasteiger partial charge on any atom is 0.230 e. The summed E-state index contributed by atoms with van der Waals surface area (Å²) in [5, 5.41) is 12.8. The summed E-state index contributed by atoms with van der Waals surface area (Å²) in [5.41, 5.74) is 1.91. The van der Waals surface area contributed by atoms with Gasteiger partial charge in [-0.05, 0) is 29.8 Å². The average molecular weight is 418 g/mol. The smallest absolute Gasteiger partial charge is 0.230 e. The molecule has 2 heterocycles. The molecule has 0 fully saturated rings. The molecule has 0 spiro atoms. The number of carbonyl (C=O) groups is 1. The van der Waals surface area contributed by atoms with Crippen LogP contribution in [0.5, 0.6) is 0 Å². The summed E-state index contributed by atoms with van der Waals surface area (Å²) in [7, 11) is 1.65. The number of ether oxygens (including phenoxy) is 1. The number of thioether (sulfide) groups is 1. The van der Waals surface area contributed by atoms with Gasteiger partial charge >= 0.3 is 0 Å². The van der Waals surface area contributed by atoms with Gasteiger partial charge in [0.05, 0.1) is 18.9 Å². The largest absolute Gasteiger partial charge is 0.383 e. The fourth-order valence-electron chi connectivity index (χ4n) is 2.48. The highest BCUT2D eigenvalue weighted by molar-refractivity contribution is 7.99. The molecule has 0 saturated heterocycles. The average Bonchev–Trinajstić information content (AvgIpc) is 3.13. The van der Waals surface area contributed by atoms with E-state index in [9.17, 15) is 4.79 Å². The summed E-state index contributed by atoms with van der Waals surface area (Å²) < 4.78 is 7.15. The Morgan fingerprint density at radius 3 is 2.64 bits per heavy atom. The molecule has 0 aliphatic rings. The van der Waals surface area contributed by atoms with Gasteiger partial charge in [-0.3, -0.25) is 14.3 Å². The van der Waals surface area contributed by atoms with Crippen LogP contribution in [0.4, 0.5) is 0 Å². The summed E-state index contributed by atoms with van der Waals surface area (Å²) in [6, 6.07) is 11.1. The summed E-state index contributed by atoms with van der Waals surface area (Å²) >= 11 is 7.21. The predicted octanol–water partition coefficient (Wildman–Crippen LogP) is 3.05. The molecule has 1 amide bonds. The second kappa shape index (κ2) is 10.2. The third-order valence-electron chi connectivity index (χ3n) is 3.91. The second-order valence-electron chi connectivity index (χ2n) is 5.88. The van der Waals surface area contributed by atoms with E-state index < -0.39 is 0 Å². The monoisotopic (exact) mass is 417 g/mol. The van der Waals surface area contributed by atoms with Crippen molar-refractivity contribution in [2.45, 2.75) is 18.2 Å². The van der Waals surface area contributed by atoms with Gasteiger partial charge in [-0.2, -0.15) is 0 Å². The Kier molecular flexibility index (Phi) is 7.41. The summed E-state index contributed by atoms with van der Waals surface area (Å²) in [6.07, 6.45) is 3.42. The number of amides is 1. The molecule has 7 nitrogen and oxygen atoms in total. The molecule has 1 aromatic carbocycles. The van der Waals surface area contributed by atoms with Crippen molar-refractivity contribution < 1.29 is 9.53 Å². The number of hydrogen-bond acceptors (Lipinski definition) is 6. The SMILES string of the molecule is COCCn1c(SCC(=O)NCc2ccc(Cl)cc2)nnc1-c1ccncc1. The van der Waals surface area contributed by atoms with E-state index in [1.165, 1.54) is 11.8 Å². The Morgan fingerprint density at radius 1 is 1.18 bits per heavy atom. The lowest BCUT2D eigenvalue weighted by Crippen LogP contribution is -2.24. The topological polar surface area (TPSA) is 81.9 Å². The summed E-state index contributed by atoms with van der Waals surface area (Å²) in [4.78, 5) is 16.2. The van der Waals surface area contributed by atoms with Crippen LogP contribution < -0.4 is 5.32 Å². The lowest BCUT2D eigenvalue weighted by molar-refractivity contribution is -0.118. The maximum absolute atomic E-state index is 12.2. The van der Waals surface area contributed by atoms with Crippen LogP contribution in [0, 0.1) is 0 Å². The van der Waals surface area contributed by atoms with Crippen molar-refractivity contribution in [3.05, 3.63) is 59.4 Å². The van der Waals surface area contributed by atoms with Gasteiger partial charge in [0.15, 0.2) is 11.0 Å². The van der Waals surface area contributed by atoms with Crippen molar-refractivity contribution in [3.8, 4) is 11.4 Å². The highest BCUT2D eigenvalue weighted by atomic mass is 35.5. The van der Waals surface area contributed by atoms with Crippen LogP contribution >= 0.6 is 23.4 Å². The standard InChI is InChI=1S/C19H20ClN5O2S/c1-27-11-10-25-18(15-6-8-21-9-7-15)23-24-19(25)28-13-17(26)22-12-14-2-4-16(20)5-3-14/h2-9H,10-13H2,1H3,(H,22,26). The number of halogens is 1. The van der Waals surface area contributed by atoms with Crippen LogP contribution in [0.15, 0.2) is 53.9 Å². The maximum atomic E-state index is 12.2. The van der Waals surface area contributed by atoms with Gasteiger partial charge in [0.1, 0.15) is 0 Å². The predicted molar refractivity (Wildman–Crippen MR) is 109 cm³/mol. The summed E-state index contributed by atoms with van der Waals surface area (Å²) in [5.74, 6) is 0.893. The zero-order valence-electron chi connectivity index (χ0n) is 15.3. The Labute approximate surface area is 172 Å². The van der Waals surface area contributed by atoms with E-state index in [-0.39, 0.29) is 11.7 Å². The zero-order valence-corrected chi connectivity index (χ0v) is 16.9. The van der Waals surface area contributed by atoms with Gasteiger partial charge in [0.25, 0.3) is 0 Å². The van der Waals surface area contributed by atoms with Gasteiger partial charge in [0, 0.05) is 36.6 Å². The Bertz CT molecular complexity index is 902. The lowest BCUT2D eigenvalue weighted by Gasteiger charge is -2.10. The first-order chi connectivity index (χ1) is 13.7. The van der Waals surface area contributed by atoms with Crippen LogP contribution in [-0.2, 0) is 22.6 Å². The van der Waals surface area contributed by atoms with E-state index >= 15 is 0 Å². The fraction of sp³-hybridized carbons (Fsp3) is 0.263. The highest BCUT2D eigenvalue weighted by Gasteiger charge is 2.15.